The van der Waals surface area contributed by atoms with Crippen LogP contribution < -0.4 is 9.62 Å². The number of rotatable bonds is 5. The molecule has 1 aliphatic rings. The Labute approximate surface area is 185 Å². The molecule has 0 spiro atoms. The molecule has 30 heavy (non-hydrogen) atoms. The third-order valence-electron chi connectivity index (χ3n) is 5.16. The van der Waals surface area contributed by atoms with Gasteiger partial charge in [-0.05, 0) is 66.2 Å². The van der Waals surface area contributed by atoms with Crippen LogP contribution in [0.15, 0.2) is 60.0 Å². The Hall–Kier alpha value is -2.35. The predicted octanol–water partition coefficient (Wildman–Crippen LogP) is 4.63. The first-order valence-electron chi connectivity index (χ1n) is 9.46. The number of nitrogens with zero attached hydrogens (tertiary/aromatic N) is 1. The van der Waals surface area contributed by atoms with E-state index < -0.39 is 10.0 Å². The average molecular weight is 461 g/mol. The maximum Gasteiger partial charge on any atom is 0.252 e. The zero-order valence-corrected chi connectivity index (χ0v) is 18.9. The number of hydrogen-bond acceptors (Lipinski definition) is 4. The fraction of sp³-hybridized carbons (Fsp3) is 0.227. The monoisotopic (exact) mass is 460 g/mol. The molecule has 1 N–H and O–H groups in total. The van der Waals surface area contributed by atoms with Crippen LogP contribution in [0.2, 0.25) is 5.02 Å². The molecule has 2 unspecified atom stereocenters. The Morgan fingerprint density at radius 3 is 2.57 bits per heavy atom. The number of carbonyl (C=O) groups is 1. The van der Waals surface area contributed by atoms with Crippen LogP contribution in [0.25, 0.3) is 0 Å². The molecule has 2 atom stereocenters. The summed E-state index contributed by atoms with van der Waals surface area (Å²) in [6.07, 6.45) is 1.78. The van der Waals surface area contributed by atoms with Gasteiger partial charge in [-0.15, -0.1) is 11.3 Å². The summed E-state index contributed by atoms with van der Waals surface area (Å²) in [4.78, 5) is 14.1. The first kappa shape index (κ1) is 20.9. The maximum atomic E-state index is 13.1. The molecule has 0 aliphatic carbocycles. The molecular weight excluding hydrogens is 440 g/mol. The van der Waals surface area contributed by atoms with Crippen molar-refractivity contribution in [1.29, 1.82) is 0 Å². The van der Waals surface area contributed by atoms with E-state index in [0.29, 0.717) is 22.7 Å². The Morgan fingerprint density at radius 2 is 1.93 bits per heavy atom. The topological polar surface area (TPSA) is 66.5 Å². The number of nitrogens with one attached hydrogen (secondary N) is 1. The lowest BCUT2D eigenvalue weighted by Gasteiger charge is -2.22. The highest BCUT2D eigenvalue weighted by molar-refractivity contribution is 7.92. The number of carbonyl (C=O) groups excluding carboxylic acids is 1. The lowest BCUT2D eigenvalue weighted by molar-refractivity contribution is 0.0943. The molecule has 5 nitrogen and oxygen atoms in total. The van der Waals surface area contributed by atoms with Crippen molar-refractivity contribution in [3.05, 3.63) is 86.6 Å². The van der Waals surface area contributed by atoms with Crippen LogP contribution in [-0.2, 0) is 16.4 Å². The molecule has 3 aromatic rings. The van der Waals surface area contributed by atoms with Gasteiger partial charge in [-0.25, -0.2) is 8.42 Å². The zero-order chi connectivity index (χ0) is 21.5. The van der Waals surface area contributed by atoms with Crippen molar-refractivity contribution in [3.8, 4) is 0 Å². The van der Waals surface area contributed by atoms with E-state index in [9.17, 15) is 13.2 Å². The van der Waals surface area contributed by atoms with Crippen LogP contribution in [0.4, 0.5) is 5.69 Å². The van der Waals surface area contributed by atoms with Crippen molar-refractivity contribution >= 4 is 44.6 Å². The van der Waals surface area contributed by atoms with Gasteiger partial charge in [-0.2, -0.15) is 0 Å². The molecular formula is C22H21ClN2O3S2. The van der Waals surface area contributed by atoms with Crippen molar-refractivity contribution in [3.63, 3.8) is 0 Å². The van der Waals surface area contributed by atoms with Gasteiger partial charge in [0.1, 0.15) is 0 Å². The van der Waals surface area contributed by atoms with Gasteiger partial charge in [-0.3, -0.25) is 9.10 Å². The molecule has 1 aliphatic heterocycles. The van der Waals surface area contributed by atoms with Crippen molar-refractivity contribution in [1.82, 2.24) is 5.32 Å². The van der Waals surface area contributed by atoms with Crippen molar-refractivity contribution in [2.24, 2.45) is 0 Å². The van der Waals surface area contributed by atoms with Gasteiger partial charge in [0.05, 0.1) is 18.0 Å². The van der Waals surface area contributed by atoms with Gasteiger partial charge in [0.2, 0.25) is 10.0 Å². The van der Waals surface area contributed by atoms with Gasteiger partial charge < -0.3 is 5.32 Å². The second-order valence-electron chi connectivity index (χ2n) is 7.43. The lowest BCUT2D eigenvalue weighted by Crippen LogP contribution is -2.34. The normalized spacial score (nSPS) is 16.9. The third kappa shape index (κ3) is 4.10. The van der Waals surface area contributed by atoms with Gasteiger partial charge in [0.25, 0.3) is 5.91 Å². The standard InChI is InChI=1S/C22H21ClN2O3S2/c1-14-12-17-13-16(7-10-19(17)25(14)30(2,27)28)22(26)24-21(20-4-3-11-29-20)15-5-8-18(23)9-6-15/h3-11,13-14,21H,12H2,1-2H3,(H,24,26). The number of fused-ring (bicyclic) bond motifs is 1. The number of benzene rings is 2. The minimum absolute atomic E-state index is 0.166. The van der Waals surface area contributed by atoms with Gasteiger partial charge in [0.15, 0.2) is 0 Å². The highest BCUT2D eigenvalue weighted by Gasteiger charge is 2.33. The van der Waals surface area contributed by atoms with Crippen molar-refractivity contribution < 1.29 is 13.2 Å². The van der Waals surface area contributed by atoms with Gasteiger partial charge in [-0.1, -0.05) is 29.8 Å². The molecule has 0 saturated carbocycles. The summed E-state index contributed by atoms with van der Waals surface area (Å²) in [6.45, 7) is 1.87. The summed E-state index contributed by atoms with van der Waals surface area (Å²) in [6, 6.07) is 16.1. The summed E-state index contributed by atoms with van der Waals surface area (Å²) in [5.74, 6) is -0.211. The Bertz CT molecular complexity index is 1180. The number of thiophene rings is 1. The number of halogens is 1. The predicted molar refractivity (Wildman–Crippen MR) is 122 cm³/mol. The maximum absolute atomic E-state index is 13.1. The second kappa shape index (κ2) is 8.06. The fourth-order valence-corrected chi connectivity index (χ4v) is 6.09. The van der Waals surface area contributed by atoms with Crippen LogP contribution in [0, 0.1) is 0 Å². The highest BCUT2D eigenvalue weighted by atomic mass is 35.5. The average Bonchev–Trinajstić information content (AvgIpc) is 3.32. The molecule has 0 bridgehead atoms. The second-order valence-corrected chi connectivity index (χ2v) is 10.7. The number of sulfonamides is 1. The molecule has 0 saturated heterocycles. The van der Waals surface area contributed by atoms with Crippen LogP contribution in [0.1, 0.15) is 39.3 Å². The molecule has 156 valence electrons. The number of anilines is 1. The SMILES string of the molecule is CC1Cc2cc(C(=O)NC(c3ccc(Cl)cc3)c3cccs3)ccc2N1S(C)(=O)=O. The first-order valence-corrected chi connectivity index (χ1v) is 12.6. The Kier molecular flexibility index (Phi) is 5.61. The lowest BCUT2D eigenvalue weighted by atomic mass is 10.0. The van der Waals surface area contributed by atoms with E-state index in [1.165, 1.54) is 10.6 Å². The minimum Gasteiger partial charge on any atom is -0.340 e. The smallest absolute Gasteiger partial charge is 0.252 e. The molecule has 8 heteroatoms. The van der Waals surface area contributed by atoms with E-state index in [1.54, 1.807) is 41.7 Å². The van der Waals surface area contributed by atoms with Crippen LogP contribution >= 0.6 is 22.9 Å². The number of hydrogen-bond donors (Lipinski definition) is 1. The Balaban J connectivity index is 1.63. The zero-order valence-electron chi connectivity index (χ0n) is 16.5. The number of amides is 1. The molecule has 0 fully saturated rings. The van der Waals surface area contributed by atoms with Crippen LogP contribution in [0.5, 0.6) is 0 Å². The summed E-state index contributed by atoms with van der Waals surface area (Å²) in [5.41, 5.74) is 2.95. The van der Waals surface area contributed by atoms with Crippen LogP contribution in [-0.4, -0.2) is 26.6 Å². The summed E-state index contributed by atoms with van der Waals surface area (Å²) >= 11 is 7.59. The van der Waals surface area contributed by atoms with Crippen LogP contribution in [0.3, 0.4) is 0 Å². The molecule has 0 radical (unpaired) electrons. The van der Waals surface area contributed by atoms with E-state index in [2.05, 4.69) is 5.32 Å². The first-order chi connectivity index (χ1) is 14.2. The fourth-order valence-electron chi connectivity index (χ4n) is 3.89. The molecule has 2 aromatic carbocycles. The van der Waals surface area contributed by atoms with E-state index in [-0.39, 0.29) is 18.0 Å². The van der Waals surface area contributed by atoms with Gasteiger partial charge >= 0.3 is 0 Å². The quantitative estimate of drug-likeness (QED) is 0.603. The van der Waals surface area contributed by atoms with Gasteiger partial charge in [0, 0.05) is 21.5 Å². The summed E-state index contributed by atoms with van der Waals surface area (Å²) in [5, 5.41) is 5.72. The largest absolute Gasteiger partial charge is 0.340 e. The molecule has 4 rings (SSSR count). The van der Waals surface area contributed by atoms with Crippen molar-refractivity contribution in [2.75, 3.05) is 10.6 Å². The van der Waals surface area contributed by atoms with Crippen molar-refractivity contribution in [2.45, 2.75) is 25.4 Å². The minimum atomic E-state index is -3.36. The Morgan fingerprint density at radius 1 is 1.20 bits per heavy atom. The van der Waals surface area contributed by atoms with E-state index in [0.717, 1.165) is 16.0 Å². The van der Waals surface area contributed by atoms with E-state index in [4.69, 9.17) is 11.6 Å². The van der Waals surface area contributed by atoms with E-state index in [1.807, 2.05) is 36.6 Å². The molecule has 1 aromatic heterocycles. The molecule has 2 heterocycles. The summed E-state index contributed by atoms with van der Waals surface area (Å²) < 4.78 is 25.7. The third-order valence-corrected chi connectivity index (χ3v) is 7.62. The molecule has 1 amide bonds. The van der Waals surface area contributed by atoms with E-state index >= 15 is 0 Å². The summed E-state index contributed by atoms with van der Waals surface area (Å²) in [7, 11) is -3.36. The highest BCUT2D eigenvalue weighted by Crippen LogP contribution is 2.35.